The van der Waals surface area contributed by atoms with Crippen LogP contribution in [0.2, 0.25) is 5.02 Å². The average Bonchev–Trinajstić information content (AvgIpc) is 3.04. The molecule has 0 saturated carbocycles. The highest BCUT2D eigenvalue weighted by Gasteiger charge is 2.15. The van der Waals surface area contributed by atoms with Crippen molar-refractivity contribution in [3.05, 3.63) is 53.6 Å². The van der Waals surface area contributed by atoms with Gasteiger partial charge in [0.2, 0.25) is 10.9 Å². The Hall–Kier alpha value is -2.44. The fourth-order valence-electron chi connectivity index (χ4n) is 2.18. The Balaban J connectivity index is 1.79. The number of halogens is 1. The molecule has 4 aromatic rings. The molecule has 7 heteroatoms. The molecule has 0 aliphatic rings. The van der Waals surface area contributed by atoms with Crippen LogP contribution in [0.4, 0.5) is 10.7 Å². The van der Waals surface area contributed by atoms with E-state index in [2.05, 4.69) is 15.2 Å². The van der Waals surface area contributed by atoms with Gasteiger partial charge in [0.1, 0.15) is 0 Å². The highest BCUT2D eigenvalue weighted by molar-refractivity contribution is 7.21. The second-order valence-corrected chi connectivity index (χ2v) is 6.02. The van der Waals surface area contributed by atoms with Gasteiger partial charge < -0.3 is 5.11 Å². The molecule has 1 N–H and O–H groups in total. The predicted octanol–water partition coefficient (Wildman–Crippen LogP) is 5.32. The standard InChI is InChI=1S/C15H9ClN4OS/c16-9-5-7-10(8-6-9)18-19-13-14(21)20-12-4-2-1-3-11(12)17-15(20)22-13/h1-8,21H. The lowest BCUT2D eigenvalue weighted by molar-refractivity contribution is 0.453. The number of hydrogen-bond donors (Lipinski definition) is 1. The zero-order chi connectivity index (χ0) is 15.1. The molecule has 0 aliphatic heterocycles. The van der Waals surface area contributed by atoms with Gasteiger partial charge in [-0.3, -0.25) is 4.40 Å². The van der Waals surface area contributed by atoms with Gasteiger partial charge in [-0.1, -0.05) is 35.1 Å². The number of nitrogens with zero attached hydrogens (tertiary/aromatic N) is 4. The molecule has 5 nitrogen and oxygen atoms in total. The Morgan fingerprint density at radius 2 is 1.82 bits per heavy atom. The number of aromatic nitrogens is 2. The monoisotopic (exact) mass is 328 g/mol. The lowest BCUT2D eigenvalue weighted by atomic mass is 10.3. The summed E-state index contributed by atoms with van der Waals surface area (Å²) in [6.45, 7) is 0. The van der Waals surface area contributed by atoms with Crippen LogP contribution in [0, 0.1) is 0 Å². The lowest BCUT2D eigenvalue weighted by Gasteiger charge is -1.94. The molecule has 0 saturated heterocycles. The molecule has 0 radical (unpaired) electrons. The van der Waals surface area contributed by atoms with Crippen LogP contribution < -0.4 is 0 Å². The summed E-state index contributed by atoms with van der Waals surface area (Å²) >= 11 is 7.11. The zero-order valence-corrected chi connectivity index (χ0v) is 12.7. The van der Waals surface area contributed by atoms with Crippen LogP contribution in [-0.2, 0) is 0 Å². The largest absolute Gasteiger partial charge is 0.492 e. The number of azo groups is 1. The van der Waals surface area contributed by atoms with Crippen molar-refractivity contribution in [1.82, 2.24) is 9.38 Å². The predicted molar refractivity (Wildman–Crippen MR) is 87.9 cm³/mol. The molecule has 0 unspecified atom stereocenters. The second kappa shape index (κ2) is 5.08. The van der Waals surface area contributed by atoms with Gasteiger partial charge in [0.05, 0.1) is 16.7 Å². The third kappa shape index (κ3) is 2.13. The highest BCUT2D eigenvalue weighted by Crippen LogP contribution is 2.39. The van der Waals surface area contributed by atoms with Crippen LogP contribution in [0.15, 0.2) is 58.8 Å². The van der Waals surface area contributed by atoms with Crippen molar-refractivity contribution in [1.29, 1.82) is 0 Å². The number of fused-ring (bicyclic) bond motifs is 3. The Labute approximate surface area is 134 Å². The first-order chi connectivity index (χ1) is 10.7. The SMILES string of the molecule is Oc1c(N=Nc2ccc(Cl)cc2)sc2nc3ccccc3n12. The van der Waals surface area contributed by atoms with Crippen LogP contribution >= 0.6 is 22.9 Å². The molecule has 2 heterocycles. The van der Waals surface area contributed by atoms with Gasteiger partial charge in [-0.2, -0.15) is 0 Å². The molecule has 0 bridgehead atoms. The summed E-state index contributed by atoms with van der Waals surface area (Å²) in [5.74, 6) is 0.0476. The van der Waals surface area contributed by atoms with E-state index in [1.54, 1.807) is 28.7 Å². The molecule has 2 aromatic heterocycles. The Kier molecular flexibility index (Phi) is 3.06. The summed E-state index contributed by atoms with van der Waals surface area (Å²) in [4.78, 5) is 5.15. The molecule has 2 aromatic carbocycles. The Bertz CT molecular complexity index is 1000. The van der Waals surface area contributed by atoms with Gasteiger partial charge in [-0.05, 0) is 36.4 Å². The molecule has 22 heavy (non-hydrogen) atoms. The van der Waals surface area contributed by atoms with Crippen LogP contribution in [0.25, 0.3) is 16.0 Å². The van der Waals surface area contributed by atoms with E-state index in [-0.39, 0.29) is 5.88 Å². The molecular weight excluding hydrogens is 320 g/mol. The number of para-hydroxylation sites is 2. The minimum atomic E-state index is 0.0476. The van der Waals surface area contributed by atoms with E-state index in [0.29, 0.717) is 20.7 Å². The van der Waals surface area contributed by atoms with Crippen molar-refractivity contribution in [2.45, 2.75) is 0 Å². The van der Waals surface area contributed by atoms with Crippen LogP contribution in [0.3, 0.4) is 0 Å². The Morgan fingerprint density at radius 3 is 2.64 bits per heavy atom. The van der Waals surface area contributed by atoms with Crippen LogP contribution in [0.5, 0.6) is 5.88 Å². The number of hydrogen-bond acceptors (Lipinski definition) is 5. The van der Waals surface area contributed by atoms with Crippen molar-refractivity contribution >= 4 is 49.6 Å². The van der Waals surface area contributed by atoms with Gasteiger partial charge in [0.25, 0.3) is 0 Å². The van der Waals surface area contributed by atoms with E-state index in [0.717, 1.165) is 11.0 Å². The second-order valence-electron chi connectivity index (χ2n) is 4.63. The van der Waals surface area contributed by atoms with Crippen LogP contribution in [-0.4, -0.2) is 14.5 Å². The summed E-state index contributed by atoms with van der Waals surface area (Å²) in [6.07, 6.45) is 0. The van der Waals surface area contributed by atoms with Gasteiger partial charge in [-0.15, -0.1) is 10.2 Å². The minimum Gasteiger partial charge on any atom is -0.492 e. The van der Waals surface area contributed by atoms with Crippen molar-refractivity contribution in [2.24, 2.45) is 10.2 Å². The van der Waals surface area contributed by atoms with E-state index >= 15 is 0 Å². The van der Waals surface area contributed by atoms with Crippen molar-refractivity contribution in [2.75, 3.05) is 0 Å². The van der Waals surface area contributed by atoms with E-state index in [1.807, 2.05) is 24.3 Å². The third-order valence-electron chi connectivity index (χ3n) is 3.20. The summed E-state index contributed by atoms with van der Waals surface area (Å²) in [5.41, 5.74) is 2.35. The van der Waals surface area contributed by atoms with Crippen molar-refractivity contribution in [3.63, 3.8) is 0 Å². The first kappa shape index (κ1) is 13.2. The highest BCUT2D eigenvalue weighted by atomic mass is 35.5. The third-order valence-corrected chi connectivity index (χ3v) is 4.37. The molecule has 0 fully saturated rings. The number of benzene rings is 2. The van der Waals surface area contributed by atoms with E-state index in [9.17, 15) is 5.11 Å². The summed E-state index contributed by atoms with van der Waals surface area (Å²) in [7, 11) is 0. The smallest absolute Gasteiger partial charge is 0.237 e. The van der Waals surface area contributed by atoms with Crippen LogP contribution in [0.1, 0.15) is 0 Å². The first-order valence-electron chi connectivity index (χ1n) is 6.48. The molecule has 0 spiro atoms. The minimum absolute atomic E-state index is 0.0476. The van der Waals surface area contributed by atoms with Gasteiger partial charge in [0.15, 0.2) is 4.96 Å². The number of rotatable bonds is 2. The molecule has 0 aliphatic carbocycles. The molecule has 0 amide bonds. The summed E-state index contributed by atoms with van der Waals surface area (Å²) in [6, 6.07) is 14.6. The number of thiazole rings is 1. The van der Waals surface area contributed by atoms with E-state index in [4.69, 9.17) is 11.6 Å². The van der Waals surface area contributed by atoms with Gasteiger partial charge in [0, 0.05) is 5.02 Å². The van der Waals surface area contributed by atoms with Gasteiger partial charge >= 0.3 is 0 Å². The van der Waals surface area contributed by atoms with E-state index in [1.165, 1.54) is 11.3 Å². The average molecular weight is 329 g/mol. The zero-order valence-electron chi connectivity index (χ0n) is 11.1. The van der Waals surface area contributed by atoms with Crippen molar-refractivity contribution < 1.29 is 5.11 Å². The van der Waals surface area contributed by atoms with Gasteiger partial charge in [-0.25, -0.2) is 4.98 Å². The maximum atomic E-state index is 10.4. The molecule has 4 rings (SSSR count). The quantitative estimate of drug-likeness (QED) is 0.506. The number of aromatic hydroxyl groups is 1. The summed E-state index contributed by atoms with van der Waals surface area (Å²) in [5, 5.41) is 19.6. The topological polar surface area (TPSA) is 62.2 Å². The fourth-order valence-corrected chi connectivity index (χ4v) is 3.16. The fraction of sp³-hybridized carbons (Fsp3) is 0. The normalized spacial score (nSPS) is 11.9. The molecule has 108 valence electrons. The Morgan fingerprint density at radius 1 is 1.05 bits per heavy atom. The van der Waals surface area contributed by atoms with Crippen molar-refractivity contribution in [3.8, 4) is 5.88 Å². The maximum absolute atomic E-state index is 10.4. The maximum Gasteiger partial charge on any atom is 0.237 e. The first-order valence-corrected chi connectivity index (χ1v) is 7.68. The van der Waals surface area contributed by atoms with E-state index < -0.39 is 0 Å². The summed E-state index contributed by atoms with van der Waals surface area (Å²) < 4.78 is 1.68. The lowest BCUT2D eigenvalue weighted by Crippen LogP contribution is -1.77. The molecule has 0 atom stereocenters. The number of imidazole rings is 1. The molecular formula is C15H9ClN4OS.